The molecule has 0 saturated heterocycles. The van der Waals surface area contributed by atoms with Gasteiger partial charge in [-0.1, -0.05) is 44.2 Å². The van der Waals surface area contributed by atoms with E-state index >= 15 is 0 Å². The first-order chi connectivity index (χ1) is 13.5. The van der Waals surface area contributed by atoms with E-state index in [1.165, 1.54) is 0 Å². The molecule has 29 heavy (non-hydrogen) atoms. The van der Waals surface area contributed by atoms with E-state index in [1.807, 2.05) is 32.0 Å². The molecule has 1 N–H and O–H groups in total. The summed E-state index contributed by atoms with van der Waals surface area (Å²) in [7, 11) is -3.56. The highest BCUT2D eigenvalue weighted by Crippen LogP contribution is 2.21. The first kappa shape index (κ1) is 22.7. The summed E-state index contributed by atoms with van der Waals surface area (Å²) in [6.07, 6.45) is 1.89. The van der Waals surface area contributed by atoms with Crippen LogP contribution in [0.5, 0.6) is 5.75 Å². The van der Waals surface area contributed by atoms with E-state index in [0.29, 0.717) is 19.0 Å². The first-order valence-corrected chi connectivity index (χ1v) is 11.5. The summed E-state index contributed by atoms with van der Waals surface area (Å²) in [6, 6.07) is 12.5. The molecule has 0 unspecified atom stereocenters. The van der Waals surface area contributed by atoms with Crippen molar-refractivity contribution in [2.75, 3.05) is 18.1 Å². The molecule has 0 aliphatic heterocycles. The van der Waals surface area contributed by atoms with Crippen LogP contribution in [-0.2, 0) is 16.7 Å². The summed E-state index contributed by atoms with van der Waals surface area (Å²) in [6.45, 7) is 9.24. The molecular weight excluding hydrogens is 388 g/mol. The summed E-state index contributed by atoms with van der Waals surface area (Å²) < 4.78 is 27.4. The van der Waals surface area contributed by atoms with Gasteiger partial charge in [-0.25, -0.2) is 4.79 Å². The Morgan fingerprint density at radius 3 is 2.17 bits per heavy atom. The third-order valence-corrected chi connectivity index (χ3v) is 5.02. The van der Waals surface area contributed by atoms with E-state index in [0.717, 1.165) is 35.1 Å². The molecule has 0 heterocycles. The van der Waals surface area contributed by atoms with Crippen LogP contribution in [0, 0.1) is 19.8 Å². The van der Waals surface area contributed by atoms with Crippen LogP contribution in [0.3, 0.4) is 0 Å². The topological polar surface area (TPSA) is 75.7 Å². The molecule has 0 atom stereocenters. The van der Waals surface area contributed by atoms with Gasteiger partial charge in [0.2, 0.25) is 0 Å². The molecule has 0 aliphatic rings. The van der Waals surface area contributed by atoms with Gasteiger partial charge in [0.15, 0.2) is 0 Å². The van der Waals surface area contributed by atoms with Crippen molar-refractivity contribution in [2.24, 2.45) is 5.92 Å². The third-order valence-electron chi connectivity index (χ3n) is 4.52. The number of urea groups is 1. The van der Waals surface area contributed by atoms with Crippen molar-refractivity contribution in [3.05, 3.63) is 59.2 Å². The minimum atomic E-state index is -3.56. The average molecular weight is 419 g/mol. The molecule has 0 saturated carbocycles. The quantitative estimate of drug-likeness (QED) is 0.629. The summed E-state index contributed by atoms with van der Waals surface area (Å²) >= 11 is 0. The van der Waals surface area contributed by atoms with Gasteiger partial charge in [0, 0.05) is 18.8 Å². The van der Waals surface area contributed by atoms with Crippen molar-refractivity contribution in [3.63, 3.8) is 0 Å². The van der Waals surface area contributed by atoms with Gasteiger partial charge >= 0.3 is 16.1 Å². The number of para-hydroxylation sites is 1. The molecule has 2 amide bonds. The van der Waals surface area contributed by atoms with Gasteiger partial charge in [-0.3, -0.25) is 0 Å². The molecule has 6 nitrogen and oxygen atoms in total. The second-order valence-corrected chi connectivity index (χ2v) is 9.31. The van der Waals surface area contributed by atoms with Crippen LogP contribution < -0.4 is 9.50 Å². The largest absolute Gasteiger partial charge is 0.383 e. The number of amides is 2. The van der Waals surface area contributed by atoms with Crippen molar-refractivity contribution >= 4 is 21.8 Å². The van der Waals surface area contributed by atoms with Crippen molar-refractivity contribution in [1.29, 1.82) is 0 Å². The smallest absolute Gasteiger partial charge is 0.322 e. The minimum Gasteiger partial charge on any atom is -0.383 e. The van der Waals surface area contributed by atoms with Gasteiger partial charge in [-0.05, 0) is 55.0 Å². The summed E-state index contributed by atoms with van der Waals surface area (Å²) in [5.41, 5.74) is 3.77. The summed E-state index contributed by atoms with van der Waals surface area (Å²) in [5.74, 6) is 0.723. The number of anilines is 1. The van der Waals surface area contributed by atoms with Crippen LogP contribution >= 0.6 is 0 Å². The Hall–Kier alpha value is -2.54. The highest BCUT2D eigenvalue weighted by molar-refractivity contribution is 7.86. The molecule has 0 aliphatic carbocycles. The van der Waals surface area contributed by atoms with Crippen LogP contribution in [0.4, 0.5) is 10.5 Å². The maximum Gasteiger partial charge on any atom is 0.322 e. The number of carbonyl (C=O) groups is 1. The summed E-state index contributed by atoms with van der Waals surface area (Å²) in [4.78, 5) is 14.8. The Labute approximate surface area is 174 Å². The molecule has 0 bridgehead atoms. The first-order valence-electron chi connectivity index (χ1n) is 9.65. The Morgan fingerprint density at radius 1 is 1.07 bits per heavy atom. The van der Waals surface area contributed by atoms with Crippen molar-refractivity contribution in [3.8, 4) is 5.75 Å². The van der Waals surface area contributed by atoms with Crippen molar-refractivity contribution < 1.29 is 17.4 Å². The molecule has 2 aromatic rings. The Kier molecular flexibility index (Phi) is 7.67. The van der Waals surface area contributed by atoms with Gasteiger partial charge in [0.25, 0.3) is 0 Å². The molecule has 158 valence electrons. The number of aryl methyl sites for hydroxylation is 2. The number of nitrogens with one attached hydrogen (secondary N) is 1. The lowest BCUT2D eigenvalue weighted by Gasteiger charge is -2.25. The number of carbonyl (C=O) groups excluding carboxylic acids is 1. The van der Waals surface area contributed by atoms with Crippen LogP contribution in [-0.4, -0.2) is 32.1 Å². The lowest BCUT2D eigenvalue weighted by Crippen LogP contribution is -2.36. The third kappa shape index (κ3) is 7.42. The van der Waals surface area contributed by atoms with E-state index < -0.39 is 10.1 Å². The lowest BCUT2D eigenvalue weighted by molar-refractivity contribution is 0.205. The van der Waals surface area contributed by atoms with Gasteiger partial charge < -0.3 is 14.4 Å². The van der Waals surface area contributed by atoms with Crippen molar-refractivity contribution in [2.45, 2.75) is 40.7 Å². The maximum absolute atomic E-state index is 13.0. The van der Waals surface area contributed by atoms with E-state index in [9.17, 15) is 13.2 Å². The zero-order valence-electron chi connectivity index (χ0n) is 17.7. The predicted molar refractivity (Wildman–Crippen MR) is 117 cm³/mol. The number of rotatable bonds is 8. The molecule has 0 aromatic heterocycles. The second kappa shape index (κ2) is 9.78. The standard InChI is InChI=1S/C22H30N2O4S/c1-16(2)13-14-24(22(25)23-21-17(3)7-6-8-18(21)4)15-19-9-11-20(12-10-19)28-29(5,26)27/h6-12,16H,13-15H2,1-5H3,(H,23,25). The van der Waals surface area contributed by atoms with Crippen LogP contribution in [0.1, 0.15) is 37.0 Å². The lowest BCUT2D eigenvalue weighted by atomic mass is 10.1. The minimum absolute atomic E-state index is 0.153. The number of hydrogen-bond acceptors (Lipinski definition) is 4. The molecule has 0 spiro atoms. The van der Waals surface area contributed by atoms with E-state index in [2.05, 4.69) is 19.2 Å². The van der Waals surface area contributed by atoms with Crippen LogP contribution in [0.15, 0.2) is 42.5 Å². The summed E-state index contributed by atoms with van der Waals surface area (Å²) in [5, 5.41) is 3.05. The molecular formula is C22H30N2O4S. The highest BCUT2D eigenvalue weighted by atomic mass is 32.2. The van der Waals surface area contributed by atoms with E-state index in [4.69, 9.17) is 4.18 Å². The van der Waals surface area contributed by atoms with Crippen LogP contribution in [0.2, 0.25) is 0 Å². The molecule has 0 fully saturated rings. The zero-order valence-corrected chi connectivity index (χ0v) is 18.5. The fourth-order valence-corrected chi connectivity index (χ4v) is 3.37. The van der Waals surface area contributed by atoms with E-state index in [-0.39, 0.29) is 11.8 Å². The van der Waals surface area contributed by atoms with E-state index in [1.54, 1.807) is 29.2 Å². The normalized spacial score (nSPS) is 11.4. The maximum atomic E-state index is 13.0. The molecule has 2 aromatic carbocycles. The average Bonchev–Trinajstić information content (AvgIpc) is 2.61. The van der Waals surface area contributed by atoms with Gasteiger partial charge in [0.1, 0.15) is 5.75 Å². The van der Waals surface area contributed by atoms with Crippen molar-refractivity contribution in [1.82, 2.24) is 4.90 Å². The Morgan fingerprint density at radius 2 is 1.66 bits per heavy atom. The van der Waals surface area contributed by atoms with Gasteiger partial charge in [0.05, 0.1) is 6.26 Å². The predicted octanol–water partition coefficient (Wildman–Crippen LogP) is 4.72. The number of hydrogen-bond donors (Lipinski definition) is 1. The fraction of sp³-hybridized carbons (Fsp3) is 0.409. The second-order valence-electron chi connectivity index (χ2n) is 7.73. The molecule has 0 radical (unpaired) electrons. The molecule has 7 heteroatoms. The Bertz CT molecular complexity index is 918. The number of benzene rings is 2. The molecule has 2 rings (SSSR count). The monoisotopic (exact) mass is 418 g/mol. The fourth-order valence-electron chi connectivity index (χ4n) is 2.91. The number of nitrogens with zero attached hydrogens (tertiary/aromatic N) is 1. The van der Waals surface area contributed by atoms with Gasteiger partial charge in [-0.2, -0.15) is 8.42 Å². The SMILES string of the molecule is Cc1cccc(C)c1NC(=O)N(CCC(C)C)Cc1ccc(OS(C)(=O)=O)cc1. The van der Waals surface area contributed by atoms with Crippen LogP contribution in [0.25, 0.3) is 0 Å². The van der Waals surface area contributed by atoms with Gasteiger partial charge in [-0.15, -0.1) is 0 Å². The highest BCUT2D eigenvalue weighted by Gasteiger charge is 2.17. The zero-order chi connectivity index (χ0) is 21.6. The Balaban J connectivity index is 2.16.